The fraction of sp³-hybridized carbons (Fsp3) is 0.154. The highest BCUT2D eigenvalue weighted by Crippen LogP contribution is 2.35. The molecule has 0 amide bonds. The van der Waals surface area contributed by atoms with Crippen molar-refractivity contribution in [2.75, 3.05) is 6.26 Å². The predicted octanol–water partition coefficient (Wildman–Crippen LogP) is 5.88. The first-order chi connectivity index (χ1) is 14.9. The number of rotatable bonds is 6. The summed E-state index contributed by atoms with van der Waals surface area (Å²) in [5.41, 5.74) is 5.98. The van der Waals surface area contributed by atoms with Crippen LogP contribution in [0.4, 0.5) is 0 Å². The van der Waals surface area contributed by atoms with Gasteiger partial charge < -0.3 is 0 Å². The van der Waals surface area contributed by atoms with Gasteiger partial charge in [-0.2, -0.15) is 0 Å². The number of hydrogen-bond acceptors (Lipinski definition) is 4. The minimum absolute atomic E-state index is 0.503. The number of fused-ring (bicyclic) bond motifs is 1. The molecular weight excluding hydrogens is 406 g/mol. The third kappa shape index (κ3) is 4.28. The van der Waals surface area contributed by atoms with Crippen molar-refractivity contribution in [3.05, 3.63) is 90.1 Å². The number of aromatic nitrogens is 1. The molecule has 3 aromatic carbocycles. The van der Waals surface area contributed by atoms with Crippen molar-refractivity contribution in [1.29, 1.82) is 0 Å². The minimum atomic E-state index is -3.25. The van der Waals surface area contributed by atoms with Gasteiger partial charge in [-0.25, -0.2) is 8.42 Å². The third-order valence-electron chi connectivity index (χ3n) is 5.52. The van der Waals surface area contributed by atoms with Crippen molar-refractivity contribution in [2.24, 2.45) is 0 Å². The molecule has 4 nitrogen and oxygen atoms in total. The Morgan fingerprint density at radius 1 is 0.903 bits per heavy atom. The van der Waals surface area contributed by atoms with Crippen LogP contribution in [0.15, 0.2) is 79.0 Å². The van der Waals surface area contributed by atoms with E-state index in [0.717, 1.165) is 45.0 Å². The van der Waals surface area contributed by atoms with Gasteiger partial charge in [-0.3, -0.25) is 9.78 Å². The van der Waals surface area contributed by atoms with E-state index in [4.69, 9.17) is 0 Å². The lowest BCUT2D eigenvalue weighted by Crippen LogP contribution is -2.10. The van der Waals surface area contributed by atoms with E-state index in [9.17, 15) is 13.2 Å². The Hall–Kier alpha value is -3.31. The molecule has 1 unspecified atom stereocenters. The number of hydrogen-bond donors (Lipinski definition) is 0. The van der Waals surface area contributed by atoms with Gasteiger partial charge in [0.25, 0.3) is 0 Å². The Labute approximate surface area is 182 Å². The number of nitrogens with zero attached hydrogens (tertiary/aromatic N) is 1. The Bertz CT molecular complexity index is 1380. The minimum Gasteiger partial charge on any atom is -0.298 e. The van der Waals surface area contributed by atoms with Crippen LogP contribution in [0.5, 0.6) is 0 Å². The molecule has 4 rings (SSSR count). The van der Waals surface area contributed by atoms with Crippen LogP contribution in [0.25, 0.3) is 33.2 Å². The van der Waals surface area contributed by atoms with Crippen LogP contribution in [0.1, 0.15) is 34.5 Å². The first-order valence-corrected chi connectivity index (χ1v) is 12.1. The average molecular weight is 430 g/mol. The van der Waals surface area contributed by atoms with Crippen molar-refractivity contribution in [1.82, 2.24) is 4.98 Å². The van der Waals surface area contributed by atoms with Gasteiger partial charge in [0, 0.05) is 29.0 Å². The summed E-state index contributed by atoms with van der Waals surface area (Å²) in [6.07, 6.45) is 4.37. The number of pyridine rings is 1. The lowest BCUT2D eigenvalue weighted by molar-refractivity contribution is 0.112. The maximum absolute atomic E-state index is 12.4. The van der Waals surface area contributed by atoms with Crippen LogP contribution < -0.4 is 0 Å². The van der Waals surface area contributed by atoms with Gasteiger partial charge in [-0.05, 0) is 59.0 Å². The van der Waals surface area contributed by atoms with E-state index in [1.165, 1.54) is 6.26 Å². The van der Waals surface area contributed by atoms with Gasteiger partial charge in [0.15, 0.2) is 9.84 Å². The largest absolute Gasteiger partial charge is 0.298 e. The molecule has 1 heterocycles. The van der Waals surface area contributed by atoms with Crippen LogP contribution >= 0.6 is 0 Å². The summed E-state index contributed by atoms with van der Waals surface area (Å²) in [6, 6.07) is 23.2. The van der Waals surface area contributed by atoms with E-state index in [-0.39, 0.29) is 0 Å². The molecule has 0 spiro atoms. The molecule has 0 N–H and O–H groups in total. The number of carbonyl (C=O) groups excluding carboxylic acids is 1. The zero-order chi connectivity index (χ0) is 22.0. The van der Waals surface area contributed by atoms with Gasteiger partial charge in [0.1, 0.15) is 6.29 Å². The topological polar surface area (TPSA) is 64.1 Å². The molecule has 1 atom stereocenters. The smallest absolute Gasteiger partial charge is 0.154 e. The Kier molecular flexibility index (Phi) is 5.70. The van der Waals surface area contributed by atoms with Crippen molar-refractivity contribution in [3.63, 3.8) is 0 Å². The van der Waals surface area contributed by atoms with Gasteiger partial charge in [0.05, 0.1) is 10.8 Å². The van der Waals surface area contributed by atoms with Gasteiger partial charge in [-0.1, -0.05) is 49.4 Å². The second kappa shape index (κ2) is 8.44. The molecule has 0 fully saturated rings. The summed E-state index contributed by atoms with van der Waals surface area (Å²) in [7, 11) is -3.25. The summed E-state index contributed by atoms with van der Waals surface area (Å²) < 4.78 is 24.8. The van der Waals surface area contributed by atoms with E-state index >= 15 is 0 Å². The number of aldehydes is 1. The molecule has 0 bridgehead atoms. The number of benzene rings is 3. The van der Waals surface area contributed by atoms with E-state index < -0.39 is 15.1 Å². The molecule has 0 saturated carbocycles. The van der Waals surface area contributed by atoms with Crippen LogP contribution in [-0.2, 0) is 9.84 Å². The molecule has 5 heteroatoms. The SMILES string of the molecule is CCC(c1cc(-c2cccc(-c3cccc(C=O)c3)c2)c2ncccc2c1)S(C)(=O)=O. The highest BCUT2D eigenvalue weighted by Gasteiger charge is 2.22. The molecule has 31 heavy (non-hydrogen) atoms. The van der Waals surface area contributed by atoms with Crippen LogP contribution in [-0.4, -0.2) is 25.9 Å². The molecule has 156 valence electrons. The Morgan fingerprint density at radius 3 is 2.32 bits per heavy atom. The molecule has 1 aromatic heterocycles. The number of carbonyl (C=O) groups is 1. The first kappa shape index (κ1) is 20.9. The summed E-state index contributed by atoms with van der Waals surface area (Å²) in [4.78, 5) is 15.8. The maximum Gasteiger partial charge on any atom is 0.154 e. The maximum atomic E-state index is 12.4. The second-order valence-electron chi connectivity index (χ2n) is 7.69. The monoisotopic (exact) mass is 429 g/mol. The highest BCUT2D eigenvalue weighted by molar-refractivity contribution is 7.90. The molecule has 4 aromatic rings. The summed E-state index contributed by atoms with van der Waals surface area (Å²) in [5, 5.41) is 0.341. The van der Waals surface area contributed by atoms with Crippen molar-refractivity contribution < 1.29 is 13.2 Å². The second-order valence-corrected chi connectivity index (χ2v) is 9.92. The molecule has 0 aliphatic heterocycles. The lowest BCUT2D eigenvalue weighted by Gasteiger charge is -2.17. The Morgan fingerprint density at radius 2 is 1.61 bits per heavy atom. The van der Waals surface area contributed by atoms with Crippen molar-refractivity contribution in [2.45, 2.75) is 18.6 Å². The van der Waals surface area contributed by atoms with Crippen LogP contribution in [0, 0.1) is 0 Å². The molecule has 0 saturated heterocycles. The highest BCUT2D eigenvalue weighted by atomic mass is 32.2. The number of sulfone groups is 1. The van der Waals surface area contributed by atoms with Crippen molar-refractivity contribution >= 4 is 27.0 Å². The summed E-state index contributed by atoms with van der Waals surface area (Å²) >= 11 is 0. The predicted molar refractivity (Wildman–Crippen MR) is 126 cm³/mol. The zero-order valence-corrected chi connectivity index (χ0v) is 18.3. The molecule has 0 aliphatic rings. The van der Waals surface area contributed by atoms with Gasteiger partial charge in [-0.15, -0.1) is 0 Å². The van der Waals surface area contributed by atoms with E-state index in [0.29, 0.717) is 12.0 Å². The standard InChI is InChI=1S/C26H23NO3S/c1-3-25(31(2,29)30)23-15-22-11-6-12-27-26(22)24(16-23)21-10-5-9-20(14-21)19-8-4-7-18(13-19)17-28/h4-17,25H,3H2,1-2H3. The molecule has 0 aliphatic carbocycles. The van der Waals surface area contributed by atoms with Gasteiger partial charge in [0.2, 0.25) is 0 Å². The van der Waals surface area contributed by atoms with Crippen molar-refractivity contribution in [3.8, 4) is 22.3 Å². The summed E-state index contributed by atoms with van der Waals surface area (Å²) in [5.74, 6) is 0. The zero-order valence-electron chi connectivity index (χ0n) is 17.4. The first-order valence-electron chi connectivity index (χ1n) is 10.1. The van der Waals surface area contributed by atoms with E-state index in [2.05, 4.69) is 11.1 Å². The van der Waals surface area contributed by atoms with Crippen LogP contribution in [0.2, 0.25) is 0 Å². The van der Waals surface area contributed by atoms with Crippen LogP contribution in [0.3, 0.4) is 0 Å². The summed E-state index contributed by atoms with van der Waals surface area (Å²) in [6.45, 7) is 1.89. The normalized spacial score (nSPS) is 12.6. The quantitative estimate of drug-likeness (QED) is 0.359. The fourth-order valence-electron chi connectivity index (χ4n) is 4.06. The average Bonchev–Trinajstić information content (AvgIpc) is 2.78. The van der Waals surface area contributed by atoms with E-state index in [1.807, 2.05) is 67.6 Å². The molecule has 0 radical (unpaired) electrons. The van der Waals surface area contributed by atoms with Gasteiger partial charge >= 0.3 is 0 Å². The van der Waals surface area contributed by atoms with E-state index in [1.54, 1.807) is 12.3 Å². The fourth-order valence-corrected chi connectivity index (χ4v) is 5.30. The lowest BCUT2D eigenvalue weighted by atomic mass is 9.94. The third-order valence-corrected chi connectivity index (χ3v) is 7.16. The molecular formula is C26H23NO3S. The Balaban J connectivity index is 1.92.